The predicted molar refractivity (Wildman–Crippen MR) is 63.1 cm³/mol. The number of alkyl halides is 1. The molecule has 0 radical (unpaired) electrons. The van der Waals surface area contributed by atoms with E-state index in [-0.39, 0.29) is 10.8 Å². The second kappa shape index (κ2) is 4.15. The van der Waals surface area contributed by atoms with Gasteiger partial charge in [-0.05, 0) is 12.0 Å². The van der Waals surface area contributed by atoms with Crippen molar-refractivity contribution in [3.63, 3.8) is 0 Å². The highest BCUT2D eigenvalue weighted by molar-refractivity contribution is 6.21. The zero-order valence-corrected chi connectivity index (χ0v) is 10.00. The number of rotatable bonds is 3. The molecule has 0 N–H and O–H groups in total. The van der Waals surface area contributed by atoms with E-state index in [4.69, 9.17) is 16.3 Å². The van der Waals surface area contributed by atoms with Crippen molar-refractivity contribution in [1.82, 2.24) is 0 Å². The van der Waals surface area contributed by atoms with Crippen molar-refractivity contribution in [2.75, 3.05) is 0 Å². The minimum absolute atomic E-state index is 0.121. The van der Waals surface area contributed by atoms with Crippen molar-refractivity contribution >= 4 is 11.6 Å². The molecule has 0 aromatic heterocycles. The second-order valence-corrected chi connectivity index (χ2v) is 5.34. The average Bonchev–Trinajstić information content (AvgIpc) is 2.25. The quantitative estimate of drug-likeness (QED) is 0.713. The first kappa shape index (κ1) is 11.0. The van der Waals surface area contributed by atoms with Gasteiger partial charge in [0.2, 0.25) is 0 Å². The molecule has 0 saturated heterocycles. The summed E-state index contributed by atoms with van der Waals surface area (Å²) in [6.45, 7) is 5.03. The molecule has 1 aliphatic carbocycles. The Hall–Kier alpha value is -0.530. The van der Waals surface area contributed by atoms with E-state index in [9.17, 15) is 0 Å². The van der Waals surface area contributed by atoms with Crippen LogP contribution in [0.1, 0.15) is 25.8 Å². The highest BCUT2D eigenvalue weighted by Gasteiger charge is 2.47. The Morgan fingerprint density at radius 3 is 2.53 bits per heavy atom. The molecule has 0 bridgehead atoms. The van der Waals surface area contributed by atoms with Gasteiger partial charge < -0.3 is 4.74 Å². The molecule has 1 aromatic rings. The molecule has 2 heteroatoms. The maximum Gasteiger partial charge on any atom is 0.0720 e. The molecular formula is C13H17ClO. The van der Waals surface area contributed by atoms with Crippen LogP contribution in [0, 0.1) is 5.41 Å². The lowest BCUT2D eigenvalue weighted by atomic mass is 9.68. The van der Waals surface area contributed by atoms with Crippen molar-refractivity contribution in [2.45, 2.75) is 38.4 Å². The van der Waals surface area contributed by atoms with Crippen LogP contribution in [0.15, 0.2) is 30.3 Å². The van der Waals surface area contributed by atoms with Crippen LogP contribution in [0.5, 0.6) is 0 Å². The highest BCUT2D eigenvalue weighted by Crippen LogP contribution is 2.46. The van der Waals surface area contributed by atoms with E-state index in [2.05, 4.69) is 26.0 Å². The second-order valence-electron chi connectivity index (χ2n) is 4.81. The Morgan fingerprint density at radius 1 is 1.33 bits per heavy atom. The van der Waals surface area contributed by atoms with Gasteiger partial charge in [0.15, 0.2) is 0 Å². The van der Waals surface area contributed by atoms with Crippen molar-refractivity contribution < 1.29 is 4.74 Å². The van der Waals surface area contributed by atoms with Crippen LogP contribution in [0.25, 0.3) is 0 Å². The van der Waals surface area contributed by atoms with E-state index >= 15 is 0 Å². The molecule has 1 nitrogen and oxygen atoms in total. The van der Waals surface area contributed by atoms with Gasteiger partial charge in [-0.15, -0.1) is 11.6 Å². The smallest absolute Gasteiger partial charge is 0.0720 e. The fourth-order valence-electron chi connectivity index (χ4n) is 1.89. The van der Waals surface area contributed by atoms with Gasteiger partial charge in [-0.2, -0.15) is 0 Å². The van der Waals surface area contributed by atoms with E-state index < -0.39 is 0 Å². The van der Waals surface area contributed by atoms with Gasteiger partial charge in [-0.25, -0.2) is 0 Å². The Labute approximate surface area is 96.4 Å². The standard InChI is InChI=1S/C13H17ClO/c1-13(2)11(14)8-12(13)15-9-10-6-4-3-5-7-10/h3-7,11-12H,8-9H2,1-2H3. The van der Waals surface area contributed by atoms with Crippen molar-refractivity contribution in [3.8, 4) is 0 Å². The van der Waals surface area contributed by atoms with Gasteiger partial charge in [0.05, 0.1) is 12.7 Å². The van der Waals surface area contributed by atoms with Gasteiger partial charge in [-0.3, -0.25) is 0 Å². The first-order valence-corrected chi connectivity index (χ1v) is 5.84. The number of hydrogen-bond donors (Lipinski definition) is 0. The first-order chi connectivity index (χ1) is 7.10. The molecule has 0 heterocycles. The molecule has 1 aromatic carbocycles. The predicted octanol–water partition coefficient (Wildman–Crippen LogP) is 3.61. The molecule has 0 spiro atoms. The van der Waals surface area contributed by atoms with E-state index in [1.54, 1.807) is 0 Å². The van der Waals surface area contributed by atoms with Crippen LogP contribution >= 0.6 is 11.6 Å². The van der Waals surface area contributed by atoms with E-state index in [1.165, 1.54) is 5.56 Å². The summed E-state index contributed by atoms with van der Waals surface area (Å²) in [5.41, 5.74) is 1.35. The van der Waals surface area contributed by atoms with Crippen LogP contribution in [0.2, 0.25) is 0 Å². The summed E-state index contributed by atoms with van der Waals surface area (Å²) in [6.07, 6.45) is 1.28. The molecule has 0 amide bonds. The summed E-state index contributed by atoms with van der Waals surface area (Å²) in [6, 6.07) is 10.3. The third kappa shape index (κ3) is 2.19. The lowest BCUT2D eigenvalue weighted by Gasteiger charge is -2.48. The molecule has 1 aliphatic rings. The lowest BCUT2D eigenvalue weighted by molar-refractivity contribution is -0.0967. The third-order valence-electron chi connectivity index (χ3n) is 3.35. The number of ether oxygens (including phenoxy) is 1. The van der Waals surface area contributed by atoms with E-state index in [0.717, 1.165) is 6.42 Å². The topological polar surface area (TPSA) is 9.23 Å². The normalized spacial score (nSPS) is 28.5. The fraction of sp³-hybridized carbons (Fsp3) is 0.538. The Kier molecular flexibility index (Phi) is 3.03. The molecule has 2 unspecified atom stereocenters. The summed E-state index contributed by atoms with van der Waals surface area (Å²) >= 11 is 6.14. The lowest BCUT2D eigenvalue weighted by Crippen LogP contribution is -2.51. The van der Waals surface area contributed by atoms with Gasteiger partial charge in [-0.1, -0.05) is 44.2 Å². The average molecular weight is 225 g/mol. The molecule has 1 fully saturated rings. The number of halogens is 1. The Bertz CT molecular complexity index is 321. The molecule has 0 aliphatic heterocycles. The summed E-state index contributed by atoms with van der Waals surface area (Å²) < 4.78 is 5.87. The monoisotopic (exact) mass is 224 g/mol. The summed E-state index contributed by atoms with van der Waals surface area (Å²) in [5.74, 6) is 0. The molecule has 1 saturated carbocycles. The number of hydrogen-bond acceptors (Lipinski definition) is 1. The van der Waals surface area contributed by atoms with Crippen molar-refractivity contribution in [3.05, 3.63) is 35.9 Å². The maximum absolute atomic E-state index is 6.14. The minimum Gasteiger partial charge on any atom is -0.373 e. The third-order valence-corrected chi connectivity index (χ3v) is 4.09. The minimum atomic E-state index is 0.121. The number of benzene rings is 1. The van der Waals surface area contributed by atoms with Crippen LogP contribution in [0.4, 0.5) is 0 Å². The Balaban J connectivity index is 1.85. The van der Waals surface area contributed by atoms with Crippen LogP contribution in [-0.4, -0.2) is 11.5 Å². The first-order valence-electron chi connectivity index (χ1n) is 5.40. The summed E-state index contributed by atoms with van der Waals surface area (Å²) in [4.78, 5) is 0. The maximum atomic E-state index is 6.14. The SMILES string of the molecule is CC1(C)C(Cl)CC1OCc1ccccc1. The molecule has 15 heavy (non-hydrogen) atoms. The van der Waals surface area contributed by atoms with E-state index in [0.29, 0.717) is 12.7 Å². The van der Waals surface area contributed by atoms with Crippen LogP contribution in [-0.2, 0) is 11.3 Å². The fourth-order valence-corrected chi connectivity index (χ4v) is 2.19. The van der Waals surface area contributed by atoms with Gasteiger partial charge in [0.25, 0.3) is 0 Å². The molecule has 82 valence electrons. The zero-order chi connectivity index (χ0) is 10.9. The van der Waals surface area contributed by atoms with E-state index in [1.807, 2.05) is 18.2 Å². The van der Waals surface area contributed by atoms with Crippen LogP contribution < -0.4 is 0 Å². The molecule has 2 atom stereocenters. The van der Waals surface area contributed by atoms with Gasteiger partial charge >= 0.3 is 0 Å². The van der Waals surface area contributed by atoms with Gasteiger partial charge in [0.1, 0.15) is 0 Å². The zero-order valence-electron chi connectivity index (χ0n) is 9.24. The van der Waals surface area contributed by atoms with Gasteiger partial charge in [0, 0.05) is 10.8 Å². The van der Waals surface area contributed by atoms with Crippen molar-refractivity contribution in [2.24, 2.45) is 5.41 Å². The van der Waals surface area contributed by atoms with Crippen molar-refractivity contribution in [1.29, 1.82) is 0 Å². The Morgan fingerprint density at radius 2 is 2.00 bits per heavy atom. The summed E-state index contributed by atoms with van der Waals surface area (Å²) in [7, 11) is 0. The molecule has 2 rings (SSSR count). The highest BCUT2D eigenvalue weighted by atomic mass is 35.5. The molecular weight excluding hydrogens is 208 g/mol. The summed E-state index contributed by atoms with van der Waals surface area (Å²) in [5, 5.41) is 0.262. The largest absolute Gasteiger partial charge is 0.373 e. The van der Waals surface area contributed by atoms with Crippen LogP contribution in [0.3, 0.4) is 0 Å².